The van der Waals surface area contributed by atoms with Crippen LogP contribution in [0.4, 0.5) is 11.5 Å². The van der Waals surface area contributed by atoms with E-state index in [1.165, 1.54) is 11.5 Å². The minimum Gasteiger partial charge on any atom is -0.489 e. The quantitative estimate of drug-likeness (QED) is 0.357. The highest BCUT2D eigenvalue weighted by molar-refractivity contribution is 7.13. The molecule has 11 heteroatoms. The Hall–Kier alpha value is -3.70. The van der Waals surface area contributed by atoms with Crippen molar-refractivity contribution >= 4 is 39.0 Å². The number of methoxy groups -OCH3 is 1. The molecule has 0 saturated carbocycles. The average molecular weight is 493 g/mol. The Balaban J connectivity index is 1.45. The van der Waals surface area contributed by atoms with Gasteiger partial charge in [-0.05, 0) is 36.5 Å². The molecular formula is C24H24N6O4S. The van der Waals surface area contributed by atoms with Gasteiger partial charge >= 0.3 is 0 Å². The number of rotatable bonds is 7. The van der Waals surface area contributed by atoms with Crippen LogP contribution in [0.1, 0.15) is 28.9 Å². The average Bonchev–Trinajstić information content (AvgIpc) is 3.63. The second-order valence-corrected chi connectivity index (χ2v) is 9.21. The van der Waals surface area contributed by atoms with Crippen molar-refractivity contribution in [3.63, 3.8) is 0 Å². The number of carbonyl (C=O) groups excluding carboxylic acids is 1. The van der Waals surface area contributed by atoms with Crippen molar-refractivity contribution in [3.8, 4) is 22.9 Å². The van der Waals surface area contributed by atoms with Crippen LogP contribution in [0.5, 0.6) is 11.6 Å². The molecule has 0 unspecified atom stereocenters. The van der Waals surface area contributed by atoms with E-state index in [1.54, 1.807) is 25.7 Å². The molecule has 0 radical (unpaired) electrons. The van der Waals surface area contributed by atoms with Gasteiger partial charge in [0.15, 0.2) is 5.82 Å². The Labute approximate surface area is 205 Å². The smallest absolute Gasteiger partial charge is 0.255 e. The number of aromatic nitrogens is 4. The lowest BCUT2D eigenvalue weighted by atomic mass is 10.1. The molecule has 180 valence electrons. The first-order valence-electron chi connectivity index (χ1n) is 11.5. The number of ether oxygens (including phenoxy) is 3. The standard InChI is InChI=1S/C24H24N6O4S/c1-32-24-19-17(6-9-27-24)35-30-22(19)29-21-18-15(5-8-26-23(18)31)28-20(21)14-4-7-25-11-16(14)34-12-13-3-2-10-33-13/h4,6-7,9,11,13,28H,2-3,5,8,10,12H2,1H3,(H,26,31)(H,29,30)/t13-/m0/s1. The van der Waals surface area contributed by atoms with E-state index in [2.05, 4.69) is 30.0 Å². The van der Waals surface area contributed by atoms with Crippen LogP contribution in [0.3, 0.4) is 0 Å². The van der Waals surface area contributed by atoms with Gasteiger partial charge in [0.1, 0.15) is 12.4 Å². The fraction of sp³-hybridized carbons (Fsp3) is 0.333. The zero-order valence-electron chi connectivity index (χ0n) is 19.1. The van der Waals surface area contributed by atoms with Crippen LogP contribution >= 0.6 is 11.5 Å². The molecule has 0 aliphatic carbocycles. The van der Waals surface area contributed by atoms with E-state index in [1.807, 2.05) is 12.1 Å². The Kier molecular flexibility index (Phi) is 5.71. The van der Waals surface area contributed by atoms with Gasteiger partial charge in [-0.25, -0.2) is 4.98 Å². The summed E-state index contributed by atoms with van der Waals surface area (Å²) in [5, 5.41) is 7.13. The number of aromatic amines is 1. The van der Waals surface area contributed by atoms with E-state index in [0.29, 0.717) is 48.3 Å². The lowest BCUT2D eigenvalue weighted by Crippen LogP contribution is -2.31. The van der Waals surface area contributed by atoms with Crippen molar-refractivity contribution in [2.45, 2.75) is 25.4 Å². The molecule has 4 aromatic heterocycles. The van der Waals surface area contributed by atoms with Crippen LogP contribution in [-0.4, -0.2) is 58.2 Å². The predicted octanol–water partition coefficient (Wildman–Crippen LogP) is 3.68. The summed E-state index contributed by atoms with van der Waals surface area (Å²) < 4.78 is 22.9. The molecule has 6 rings (SSSR count). The molecular weight excluding hydrogens is 468 g/mol. The number of pyridine rings is 2. The van der Waals surface area contributed by atoms with Crippen LogP contribution in [-0.2, 0) is 11.2 Å². The third-order valence-corrected chi connectivity index (χ3v) is 7.07. The molecule has 0 aromatic carbocycles. The molecule has 1 fully saturated rings. The van der Waals surface area contributed by atoms with E-state index in [-0.39, 0.29) is 12.0 Å². The van der Waals surface area contributed by atoms with Gasteiger partial charge in [-0.3, -0.25) is 9.78 Å². The molecule has 4 aromatic rings. The fourth-order valence-corrected chi connectivity index (χ4v) is 5.31. The molecule has 2 aliphatic rings. The van der Waals surface area contributed by atoms with E-state index in [9.17, 15) is 4.79 Å². The fourth-order valence-electron chi connectivity index (χ4n) is 4.59. The Bertz CT molecular complexity index is 1390. The highest BCUT2D eigenvalue weighted by atomic mass is 32.1. The van der Waals surface area contributed by atoms with Crippen molar-refractivity contribution < 1.29 is 19.0 Å². The Morgan fingerprint density at radius 3 is 3.11 bits per heavy atom. The highest BCUT2D eigenvalue weighted by Crippen LogP contribution is 2.42. The predicted molar refractivity (Wildman–Crippen MR) is 132 cm³/mol. The van der Waals surface area contributed by atoms with Crippen molar-refractivity contribution in [3.05, 3.63) is 42.0 Å². The van der Waals surface area contributed by atoms with Gasteiger partial charge < -0.3 is 29.8 Å². The number of nitrogens with one attached hydrogen (secondary N) is 3. The third kappa shape index (κ3) is 3.96. The summed E-state index contributed by atoms with van der Waals surface area (Å²) in [4.78, 5) is 25.0. The Morgan fingerprint density at radius 2 is 2.26 bits per heavy atom. The normalized spacial score (nSPS) is 17.3. The number of nitrogens with zero attached hydrogens (tertiary/aromatic N) is 3. The monoisotopic (exact) mass is 492 g/mol. The molecule has 6 heterocycles. The van der Waals surface area contributed by atoms with Gasteiger partial charge in [-0.1, -0.05) is 0 Å². The first kappa shape index (κ1) is 21.8. The number of amides is 1. The van der Waals surface area contributed by atoms with Gasteiger partial charge in [0.2, 0.25) is 5.88 Å². The molecule has 2 aliphatic heterocycles. The zero-order chi connectivity index (χ0) is 23.8. The van der Waals surface area contributed by atoms with Crippen molar-refractivity contribution in [1.29, 1.82) is 0 Å². The molecule has 0 spiro atoms. The van der Waals surface area contributed by atoms with Crippen LogP contribution < -0.4 is 20.1 Å². The summed E-state index contributed by atoms with van der Waals surface area (Å²) in [7, 11) is 1.58. The first-order chi connectivity index (χ1) is 17.2. The van der Waals surface area contributed by atoms with Crippen LogP contribution in [0.2, 0.25) is 0 Å². The summed E-state index contributed by atoms with van der Waals surface area (Å²) in [5.41, 5.74) is 3.59. The van der Waals surface area contributed by atoms with Crippen LogP contribution in [0.25, 0.3) is 21.3 Å². The van der Waals surface area contributed by atoms with E-state index in [0.717, 1.165) is 46.5 Å². The largest absolute Gasteiger partial charge is 0.489 e. The molecule has 0 bridgehead atoms. The second kappa shape index (κ2) is 9.16. The summed E-state index contributed by atoms with van der Waals surface area (Å²) in [6.07, 6.45) is 7.88. The molecule has 3 N–H and O–H groups in total. The van der Waals surface area contributed by atoms with Gasteiger partial charge in [0.05, 0.1) is 46.4 Å². The van der Waals surface area contributed by atoms with Crippen LogP contribution in [0.15, 0.2) is 30.7 Å². The minimum atomic E-state index is -0.142. The lowest BCUT2D eigenvalue weighted by Gasteiger charge is -2.16. The SMILES string of the molecule is COc1nccc2snc(Nc3c(-c4ccncc4OC[C@@H]4CCCO4)[nH]c4c3C(=O)NCC4)c12. The molecule has 35 heavy (non-hydrogen) atoms. The zero-order valence-corrected chi connectivity index (χ0v) is 19.9. The highest BCUT2D eigenvalue weighted by Gasteiger charge is 2.29. The van der Waals surface area contributed by atoms with E-state index < -0.39 is 0 Å². The van der Waals surface area contributed by atoms with Gasteiger partial charge in [-0.2, -0.15) is 4.37 Å². The topological polar surface area (TPSA) is 123 Å². The number of hydrogen-bond donors (Lipinski definition) is 3. The number of hydrogen-bond acceptors (Lipinski definition) is 9. The number of H-pyrrole nitrogens is 1. The maximum Gasteiger partial charge on any atom is 0.255 e. The summed E-state index contributed by atoms with van der Waals surface area (Å²) in [6.45, 7) is 1.78. The van der Waals surface area contributed by atoms with Gasteiger partial charge in [0, 0.05) is 43.2 Å². The molecule has 1 saturated heterocycles. The Morgan fingerprint density at radius 1 is 1.31 bits per heavy atom. The molecule has 1 atom stereocenters. The number of fused-ring (bicyclic) bond motifs is 2. The molecule has 10 nitrogen and oxygen atoms in total. The molecule has 1 amide bonds. The summed E-state index contributed by atoms with van der Waals surface area (Å²) in [6, 6.07) is 3.77. The second-order valence-electron chi connectivity index (χ2n) is 8.40. The third-order valence-electron chi connectivity index (χ3n) is 6.25. The van der Waals surface area contributed by atoms with E-state index >= 15 is 0 Å². The number of anilines is 2. The van der Waals surface area contributed by atoms with Crippen molar-refractivity contribution in [2.24, 2.45) is 0 Å². The maximum atomic E-state index is 13.0. The van der Waals surface area contributed by atoms with Crippen LogP contribution in [0, 0.1) is 0 Å². The van der Waals surface area contributed by atoms with Gasteiger partial charge in [-0.15, -0.1) is 0 Å². The van der Waals surface area contributed by atoms with Crippen molar-refractivity contribution in [1.82, 2.24) is 24.6 Å². The summed E-state index contributed by atoms with van der Waals surface area (Å²) in [5.74, 6) is 1.52. The lowest BCUT2D eigenvalue weighted by molar-refractivity contribution is 0.0680. The van der Waals surface area contributed by atoms with E-state index in [4.69, 9.17) is 14.2 Å². The van der Waals surface area contributed by atoms with Gasteiger partial charge in [0.25, 0.3) is 5.91 Å². The van der Waals surface area contributed by atoms with Crippen molar-refractivity contribution in [2.75, 3.05) is 32.2 Å². The summed E-state index contributed by atoms with van der Waals surface area (Å²) >= 11 is 1.34. The number of carbonyl (C=O) groups is 1. The minimum absolute atomic E-state index is 0.0737. The maximum absolute atomic E-state index is 13.0. The first-order valence-corrected chi connectivity index (χ1v) is 12.3.